The van der Waals surface area contributed by atoms with Gasteiger partial charge in [0, 0.05) is 25.3 Å². The topological polar surface area (TPSA) is 55.1 Å². The van der Waals surface area contributed by atoms with E-state index in [2.05, 4.69) is 12.2 Å². The van der Waals surface area contributed by atoms with Gasteiger partial charge in [-0.2, -0.15) is 0 Å². The smallest absolute Gasteiger partial charge is 0.248 e. The fourth-order valence-electron chi connectivity index (χ4n) is 3.68. The lowest BCUT2D eigenvalue weighted by atomic mass is 9.75. The summed E-state index contributed by atoms with van der Waals surface area (Å²) in [7, 11) is 0. The number of amides is 1. The van der Waals surface area contributed by atoms with E-state index < -0.39 is 5.92 Å². The highest BCUT2D eigenvalue weighted by atomic mass is 19.3. The van der Waals surface area contributed by atoms with E-state index in [1.807, 2.05) is 0 Å². The summed E-state index contributed by atoms with van der Waals surface area (Å²) in [5.74, 6) is -2.36. The number of rotatable bonds is 3. The first-order valence-electron chi connectivity index (χ1n) is 7.76. The molecule has 2 fully saturated rings. The van der Waals surface area contributed by atoms with E-state index in [0.717, 1.165) is 19.3 Å². The Morgan fingerprint density at radius 1 is 1.25 bits per heavy atom. The van der Waals surface area contributed by atoms with Crippen LogP contribution in [-0.2, 0) is 4.79 Å². The summed E-state index contributed by atoms with van der Waals surface area (Å²) in [6, 6.07) is 0. The zero-order chi connectivity index (χ0) is 14.8. The van der Waals surface area contributed by atoms with Crippen molar-refractivity contribution in [3.8, 4) is 0 Å². The first-order chi connectivity index (χ1) is 9.36. The summed E-state index contributed by atoms with van der Waals surface area (Å²) in [5.41, 5.74) is 5.58. The predicted molar refractivity (Wildman–Crippen MR) is 74.5 cm³/mol. The number of carbonyl (C=O) groups is 1. The maximum atomic E-state index is 13.1. The van der Waals surface area contributed by atoms with Crippen LogP contribution in [0.3, 0.4) is 0 Å². The first kappa shape index (κ1) is 15.7. The van der Waals surface area contributed by atoms with E-state index in [0.29, 0.717) is 12.5 Å². The Hall–Kier alpha value is -0.710. The van der Waals surface area contributed by atoms with Gasteiger partial charge in [0.05, 0.1) is 5.54 Å². The van der Waals surface area contributed by atoms with Crippen molar-refractivity contribution in [2.45, 2.75) is 69.8 Å². The molecule has 2 aliphatic carbocycles. The highest BCUT2D eigenvalue weighted by Gasteiger charge is 2.40. The highest BCUT2D eigenvalue weighted by Crippen LogP contribution is 2.37. The average molecular weight is 288 g/mol. The Morgan fingerprint density at radius 2 is 1.90 bits per heavy atom. The lowest BCUT2D eigenvalue weighted by Gasteiger charge is -2.41. The molecule has 3 nitrogen and oxygen atoms in total. The predicted octanol–water partition coefficient (Wildman–Crippen LogP) is 2.84. The third-order valence-electron chi connectivity index (χ3n) is 4.96. The fraction of sp³-hybridized carbons (Fsp3) is 0.933. The van der Waals surface area contributed by atoms with Crippen LogP contribution >= 0.6 is 0 Å². The molecule has 2 saturated carbocycles. The first-order valence-corrected chi connectivity index (χ1v) is 7.76. The summed E-state index contributed by atoms with van der Waals surface area (Å²) >= 11 is 0. The van der Waals surface area contributed by atoms with Gasteiger partial charge < -0.3 is 11.1 Å². The minimum atomic E-state index is -2.58. The number of hydrogen-bond acceptors (Lipinski definition) is 2. The number of hydrogen-bond donors (Lipinski definition) is 2. The molecular formula is C15H26F2N2O. The molecule has 1 amide bonds. The molecule has 0 aliphatic heterocycles. The van der Waals surface area contributed by atoms with Crippen molar-refractivity contribution < 1.29 is 13.6 Å². The number of carbonyl (C=O) groups excluding carboxylic acids is 1. The van der Waals surface area contributed by atoms with Crippen molar-refractivity contribution >= 4 is 5.91 Å². The molecular weight excluding hydrogens is 262 g/mol. The van der Waals surface area contributed by atoms with Crippen LogP contribution in [0, 0.1) is 11.8 Å². The molecule has 2 unspecified atom stereocenters. The van der Waals surface area contributed by atoms with Gasteiger partial charge in [0.1, 0.15) is 0 Å². The number of alkyl halides is 2. The number of halogens is 2. The molecule has 116 valence electrons. The van der Waals surface area contributed by atoms with Gasteiger partial charge in [0.25, 0.3) is 0 Å². The van der Waals surface area contributed by atoms with E-state index in [1.165, 1.54) is 6.42 Å². The van der Waals surface area contributed by atoms with E-state index >= 15 is 0 Å². The molecule has 2 aliphatic rings. The molecule has 0 aromatic carbocycles. The maximum absolute atomic E-state index is 13.1. The monoisotopic (exact) mass is 288 g/mol. The Kier molecular flexibility index (Phi) is 4.67. The third kappa shape index (κ3) is 3.68. The van der Waals surface area contributed by atoms with Crippen LogP contribution in [0.4, 0.5) is 8.78 Å². The molecule has 2 atom stereocenters. The van der Waals surface area contributed by atoms with Crippen molar-refractivity contribution in [2.24, 2.45) is 17.6 Å². The molecule has 0 radical (unpaired) electrons. The zero-order valence-electron chi connectivity index (χ0n) is 12.3. The zero-order valence-corrected chi connectivity index (χ0v) is 12.3. The summed E-state index contributed by atoms with van der Waals surface area (Å²) in [6.45, 7) is 2.61. The second kappa shape index (κ2) is 5.96. The van der Waals surface area contributed by atoms with Crippen LogP contribution in [0.1, 0.15) is 58.3 Å². The van der Waals surface area contributed by atoms with Crippen LogP contribution in [0.25, 0.3) is 0 Å². The van der Waals surface area contributed by atoms with Crippen LogP contribution in [0.2, 0.25) is 0 Å². The minimum absolute atomic E-state index is 0.0694. The molecule has 0 spiro atoms. The van der Waals surface area contributed by atoms with Crippen LogP contribution in [0.15, 0.2) is 0 Å². The van der Waals surface area contributed by atoms with Crippen molar-refractivity contribution in [3.63, 3.8) is 0 Å². The fourth-order valence-corrected chi connectivity index (χ4v) is 3.68. The van der Waals surface area contributed by atoms with Gasteiger partial charge in [0.15, 0.2) is 0 Å². The van der Waals surface area contributed by atoms with E-state index in [-0.39, 0.29) is 43.0 Å². The molecule has 0 heterocycles. The normalized spacial score (nSPS) is 34.7. The van der Waals surface area contributed by atoms with Crippen molar-refractivity contribution in [3.05, 3.63) is 0 Å². The van der Waals surface area contributed by atoms with Gasteiger partial charge in [0.2, 0.25) is 11.8 Å². The van der Waals surface area contributed by atoms with E-state index in [9.17, 15) is 13.6 Å². The lowest BCUT2D eigenvalue weighted by molar-refractivity contribution is -0.131. The number of nitrogens with one attached hydrogen (secondary N) is 1. The SMILES string of the molecule is CC1CCCC(CN)(NC(=O)C2CCC(F)(F)CC2)C1. The molecule has 5 heteroatoms. The van der Waals surface area contributed by atoms with E-state index in [1.54, 1.807) is 0 Å². The van der Waals surface area contributed by atoms with Gasteiger partial charge in [-0.05, 0) is 31.6 Å². The molecule has 0 saturated heterocycles. The van der Waals surface area contributed by atoms with Gasteiger partial charge >= 0.3 is 0 Å². The lowest BCUT2D eigenvalue weighted by Crippen LogP contribution is -2.57. The maximum Gasteiger partial charge on any atom is 0.248 e. The molecule has 2 rings (SSSR count). The second-order valence-corrected chi connectivity index (χ2v) is 6.81. The Balaban J connectivity index is 1.93. The molecule has 0 bridgehead atoms. The Morgan fingerprint density at radius 3 is 2.45 bits per heavy atom. The van der Waals surface area contributed by atoms with Crippen LogP contribution in [0.5, 0.6) is 0 Å². The molecule has 20 heavy (non-hydrogen) atoms. The average Bonchev–Trinajstić information content (AvgIpc) is 2.38. The molecule has 3 N–H and O–H groups in total. The van der Waals surface area contributed by atoms with Crippen LogP contribution in [-0.4, -0.2) is 23.9 Å². The minimum Gasteiger partial charge on any atom is -0.349 e. The summed E-state index contributed by atoms with van der Waals surface area (Å²) in [6.07, 6.45) is 4.29. The van der Waals surface area contributed by atoms with Crippen molar-refractivity contribution in [1.82, 2.24) is 5.32 Å². The van der Waals surface area contributed by atoms with Crippen molar-refractivity contribution in [1.29, 1.82) is 0 Å². The van der Waals surface area contributed by atoms with Gasteiger partial charge in [-0.1, -0.05) is 19.8 Å². The van der Waals surface area contributed by atoms with Gasteiger partial charge in [-0.3, -0.25) is 4.79 Å². The van der Waals surface area contributed by atoms with Gasteiger partial charge in [-0.25, -0.2) is 8.78 Å². The quantitative estimate of drug-likeness (QED) is 0.839. The molecule has 0 aromatic rings. The Labute approximate surface area is 119 Å². The third-order valence-corrected chi connectivity index (χ3v) is 4.96. The Bertz CT molecular complexity index is 352. The molecule has 0 aromatic heterocycles. The number of nitrogens with two attached hydrogens (primary N) is 1. The summed E-state index contributed by atoms with van der Waals surface area (Å²) < 4.78 is 26.3. The van der Waals surface area contributed by atoms with Crippen LogP contribution < -0.4 is 11.1 Å². The van der Waals surface area contributed by atoms with E-state index in [4.69, 9.17) is 5.73 Å². The summed E-state index contributed by atoms with van der Waals surface area (Å²) in [5, 5.41) is 3.10. The highest BCUT2D eigenvalue weighted by molar-refractivity contribution is 5.79. The van der Waals surface area contributed by atoms with Crippen molar-refractivity contribution in [2.75, 3.05) is 6.54 Å². The standard InChI is InChI=1S/C15H26F2N2O/c1-11-3-2-6-14(9-11,10-18)19-13(20)12-4-7-15(16,17)8-5-12/h11-12H,2-10,18H2,1H3,(H,19,20). The summed E-state index contributed by atoms with van der Waals surface area (Å²) in [4.78, 5) is 12.3. The second-order valence-electron chi connectivity index (χ2n) is 6.81. The largest absolute Gasteiger partial charge is 0.349 e. The van der Waals surface area contributed by atoms with Gasteiger partial charge in [-0.15, -0.1) is 0 Å².